The molecule has 1 amide bonds. The van der Waals surface area contributed by atoms with Gasteiger partial charge in [0.2, 0.25) is 15.9 Å². The second kappa shape index (κ2) is 10.2. The molecule has 1 N–H and O–H groups in total. The predicted octanol–water partition coefficient (Wildman–Crippen LogP) is 3.55. The van der Waals surface area contributed by atoms with Crippen LogP contribution in [-0.2, 0) is 26.0 Å². The van der Waals surface area contributed by atoms with Crippen molar-refractivity contribution in [3.63, 3.8) is 0 Å². The zero-order chi connectivity index (χ0) is 23.3. The highest BCUT2D eigenvalue weighted by Gasteiger charge is 2.27. The molecule has 1 aromatic heterocycles. The zero-order valence-electron chi connectivity index (χ0n) is 18.3. The average molecular weight is 471 g/mol. The van der Waals surface area contributed by atoms with Gasteiger partial charge in [-0.2, -0.15) is 4.31 Å². The van der Waals surface area contributed by atoms with E-state index in [1.54, 1.807) is 6.07 Å². The van der Waals surface area contributed by atoms with Gasteiger partial charge in [-0.15, -0.1) is 0 Å². The van der Waals surface area contributed by atoms with Gasteiger partial charge in [-0.1, -0.05) is 30.3 Å². The summed E-state index contributed by atoms with van der Waals surface area (Å²) < 4.78 is 43.7. The van der Waals surface area contributed by atoms with Crippen molar-refractivity contribution in [3.8, 4) is 17.1 Å². The summed E-state index contributed by atoms with van der Waals surface area (Å²) in [5, 5.41) is 2.77. The predicted molar refractivity (Wildman–Crippen MR) is 124 cm³/mol. The molecule has 1 aliphatic rings. The molecule has 0 aliphatic carbocycles. The van der Waals surface area contributed by atoms with Crippen LogP contribution in [0, 0.1) is 0 Å². The third kappa shape index (κ3) is 5.44. The largest absolute Gasteiger partial charge is 0.495 e. The van der Waals surface area contributed by atoms with Gasteiger partial charge in [0.1, 0.15) is 17.3 Å². The zero-order valence-corrected chi connectivity index (χ0v) is 19.1. The van der Waals surface area contributed by atoms with E-state index in [-0.39, 0.29) is 17.2 Å². The molecule has 1 aliphatic heterocycles. The van der Waals surface area contributed by atoms with Crippen molar-refractivity contribution in [1.82, 2.24) is 4.31 Å². The number of methoxy groups -OCH3 is 1. The Morgan fingerprint density at radius 3 is 2.55 bits per heavy atom. The number of carbonyl (C=O) groups excluding carboxylic acids is 1. The Kier molecular flexibility index (Phi) is 7.12. The molecule has 2 aromatic carbocycles. The number of benzene rings is 2. The van der Waals surface area contributed by atoms with Crippen molar-refractivity contribution in [2.45, 2.75) is 17.7 Å². The van der Waals surface area contributed by atoms with E-state index >= 15 is 0 Å². The number of hydrogen-bond acceptors (Lipinski definition) is 6. The molecule has 0 atom stereocenters. The van der Waals surface area contributed by atoms with Crippen LogP contribution < -0.4 is 10.1 Å². The average Bonchev–Trinajstić information content (AvgIpc) is 3.33. The molecule has 4 rings (SSSR count). The number of morpholine rings is 1. The molecule has 0 unspecified atom stereocenters. The van der Waals surface area contributed by atoms with Gasteiger partial charge in [-0.25, -0.2) is 8.42 Å². The third-order valence-corrected chi connectivity index (χ3v) is 7.27. The highest BCUT2D eigenvalue weighted by atomic mass is 32.2. The SMILES string of the molecule is COc1ccc(S(=O)(=O)N2CCOCC2)cc1NC(=O)CCc1ccc(-c2ccccc2)o1. The minimum Gasteiger partial charge on any atom is -0.495 e. The molecule has 33 heavy (non-hydrogen) atoms. The number of ether oxygens (including phenoxy) is 2. The normalized spacial score (nSPS) is 14.7. The van der Waals surface area contributed by atoms with Gasteiger partial charge in [0, 0.05) is 31.5 Å². The molecule has 0 saturated carbocycles. The van der Waals surface area contributed by atoms with E-state index in [2.05, 4.69) is 5.32 Å². The van der Waals surface area contributed by atoms with E-state index in [1.807, 2.05) is 42.5 Å². The fraction of sp³-hybridized carbons (Fsp3) is 0.292. The van der Waals surface area contributed by atoms with Gasteiger partial charge in [0.05, 0.1) is 30.9 Å². The lowest BCUT2D eigenvalue weighted by molar-refractivity contribution is -0.116. The van der Waals surface area contributed by atoms with E-state index in [4.69, 9.17) is 13.9 Å². The standard InChI is InChI=1S/C24H26N2O6S/c1-30-23-11-9-20(33(28,29)26-13-15-31-16-14-26)17-21(23)25-24(27)12-8-19-7-10-22(32-19)18-5-3-2-4-6-18/h2-7,9-11,17H,8,12-16H2,1H3,(H,25,27). The highest BCUT2D eigenvalue weighted by Crippen LogP contribution is 2.29. The number of nitrogens with one attached hydrogen (secondary N) is 1. The lowest BCUT2D eigenvalue weighted by Gasteiger charge is -2.26. The summed E-state index contributed by atoms with van der Waals surface area (Å²) in [6, 6.07) is 17.9. The maximum Gasteiger partial charge on any atom is 0.243 e. The quantitative estimate of drug-likeness (QED) is 0.541. The Morgan fingerprint density at radius 2 is 1.82 bits per heavy atom. The minimum absolute atomic E-state index is 0.0963. The fourth-order valence-corrected chi connectivity index (χ4v) is 5.04. The van der Waals surface area contributed by atoms with Crippen LogP contribution in [0.1, 0.15) is 12.2 Å². The molecule has 2 heterocycles. The lowest BCUT2D eigenvalue weighted by atomic mass is 10.2. The van der Waals surface area contributed by atoms with Crippen LogP contribution in [0.5, 0.6) is 5.75 Å². The number of furan rings is 1. The molecule has 0 spiro atoms. The number of hydrogen-bond donors (Lipinski definition) is 1. The van der Waals surface area contributed by atoms with Crippen LogP contribution in [0.4, 0.5) is 5.69 Å². The molecule has 0 radical (unpaired) electrons. The van der Waals surface area contributed by atoms with Crippen molar-refractivity contribution in [2.24, 2.45) is 0 Å². The van der Waals surface area contributed by atoms with Crippen LogP contribution in [-0.4, -0.2) is 52.0 Å². The first-order valence-corrected chi connectivity index (χ1v) is 12.1. The minimum atomic E-state index is -3.69. The van der Waals surface area contributed by atoms with Crippen molar-refractivity contribution in [1.29, 1.82) is 0 Å². The Bertz CT molecular complexity index is 1200. The lowest BCUT2D eigenvalue weighted by Crippen LogP contribution is -2.40. The maximum absolute atomic E-state index is 13.0. The van der Waals surface area contributed by atoms with Crippen molar-refractivity contribution < 1.29 is 27.1 Å². The molecule has 174 valence electrons. The number of amides is 1. The Balaban J connectivity index is 1.43. The molecule has 3 aromatic rings. The van der Waals surface area contributed by atoms with E-state index in [1.165, 1.54) is 23.5 Å². The van der Waals surface area contributed by atoms with Gasteiger partial charge >= 0.3 is 0 Å². The van der Waals surface area contributed by atoms with Crippen LogP contribution >= 0.6 is 0 Å². The summed E-state index contributed by atoms with van der Waals surface area (Å²) in [5.74, 6) is 1.55. The third-order valence-electron chi connectivity index (χ3n) is 5.37. The Labute approximate surface area is 193 Å². The summed E-state index contributed by atoms with van der Waals surface area (Å²) in [7, 11) is -2.23. The highest BCUT2D eigenvalue weighted by molar-refractivity contribution is 7.89. The summed E-state index contributed by atoms with van der Waals surface area (Å²) in [6.45, 7) is 1.31. The van der Waals surface area contributed by atoms with Gasteiger partial charge in [-0.05, 0) is 30.3 Å². The van der Waals surface area contributed by atoms with Crippen LogP contribution in [0.15, 0.2) is 70.0 Å². The molecule has 1 fully saturated rings. The molecule has 8 nitrogen and oxygen atoms in total. The second-order valence-electron chi connectivity index (χ2n) is 7.56. The van der Waals surface area contributed by atoms with E-state index in [0.717, 1.165) is 11.3 Å². The molecule has 1 saturated heterocycles. The maximum atomic E-state index is 13.0. The molecular formula is C24H26N2O6S. The molecule has 9 heteroatoms. The second-order valence-corrected chi connectivity index (χ2v) is 9.50. The van der Waals surface area contributed by atoms with E-state index < -0.39 is 10.0 Å². The fourth-order valence-electron chi connectivity index (χ4n) is 3.60. The van der Waals surface area contributed by atoms with Gasteiger partial charge in [0.25, 0.3) is 0 Å². The first kappa shape index (κ1) is 23.0. The van der Waals surface area contributed by atoms with Crippen LogP contribution in [0.25, 0.3) is 11.3 Å². The smallest absolute Gasteiger partial charge is 0.243 e. The first-order chi connectivity index (χ1) is 16.0. The van der Waals surface area contributed by atoms with Crippen molar-refractivity contribution in [3.05, 3.63) is 66.4 Å². The van der Waals surface area contributed by atoms with Gasteiger partial charge < -0.3 is 19.2 Å². The number of sulfonamides is 1. The number of aryl methyl sites for hydroxylation is 1. The van der Waals surface area contributed by atoms with E-state index in [9.17, 15) is 13.2 Å². The number of rotatable bonds is 8. The number of anilines is 1. The van der Waals surface area contributed by atoms with Gasteiger partial charge in [0.15, 0.2) is 0 Å². The summed E-state index contributed by atoms with van der Waals surface area (Å²) in [5.41, 5.74) is 1.28. The number of nitrogens with zero attached hydrogens (tertiary/aromatic N) is 1. The summed E-state index contributed by atoms with van der Waals surface area (Å²) in [6.07, 6.45) is 0.581. The number of carbonyl (C=O) groups is 1. The van der Waals surface area contributed by atoms with Crippen molar-refractivity contribution >= 4 is 21.6 Å². The Hall–Kier alpha value is -3.14. The monoisotopic (exact) mass is 470 g/mol. The topological polar surface area (TPSA) is 98.1 Å². The Morgan fingerprint density at radius 1 is 1.06 bits per heavy atom. The van der Waals surface area contributed by atoms with Crippen LogP contribution in [0.3, 0.4) is 0 Å². The van der Waals surface area contributed by atoms with Crippen molar-refractivity contribution in [2.75, 3.05) is 38.7 Å². The molecular weight excluding hydrogens is 444 g/mol. The summed E-state index contributed by atoms with van der Waals surface area (Å²) in [4.78, 5) is 12.7. The van der Waals surface area contributed by atoms with E-state index in [0.29, 0.717) is 49.9 Å². The molecule has 0 bridgehead atoms. The first-order valence-electron chi connectivity index (χ1n) is 10.7. The van der Waals surface area contributed by atoms with Crippen LogP contribution in [0.2, 0.25) is 0 Å². The van der Waals surface area contributed by atoms with Gasteiger partial charge in [-0.3, -0.25) is 4.79 Å². The summed E-state index contributed by atoms with van der Waals surface area (Å²) >= 11 is 0.